The van der Waals surface area contributed by atoms with E-state index in [0.717, 1.165) is 42.8 Å². The van der Waals surface area contributed by atoms with Gasteiger partial charge < -0.3 is 5.32 Å². The first-order valence-electron chi connectivity index (χ1n) is 9.86. The maximum atomic E-state index is 12.8. The Balaban J connectivity index is 1.81. The van der Waals surface area contributed by atoms with E-state index in [2.05, 4.69) is 41.3 Å². The molecule has 28 heavy (non-hydrogen) atoms. The molecular formula is C23H28N4O. The molecule has 0 atom stereocenters. The number of aliphatic imine (C=N–C) groups is 1. The topological polar surface area (TPSA) is 59.3 Å². The normalized spacial score (nSPS) is 18.2. The fourth-order valence-corrected chi connectivity index (χ4v) is 3.18. The van der Waals surface area contributed by atoms with Gasteiger partial charge in [-0.1, -0.05) is 37.6 Å². The van der Waals surface area contributed by atoms with Crippen molar-refractivity contribution in [2.24, 2.45) is 4.99 Å². The van der Waals surface area contributed by atoms with Gasteiger partial charge in [-0.05, 0) is 63.3 Å². The molecule has 1 N–H and O–H groups in total. The molecule has 1 aromatic carbocycles. The first-order valence-corrected chi connectivity index (χ1v) is 9.86. The number of nitrogens with zero attached hydrogens (tertiary/aromatic N) is 3. The molecule has 0 bridgehead atoms. The summed E-state index contributed by atoms with van der Waals surface area (Å²) in [5, 5.41) is 2.95. The van der Waals surface area contributed by atoms with Crippen LogP contribution in [-0.4, -0.2) is 21.2 Å². The van der Waals surface area contributed by atoms with Crippen LogP contribution < -0.4 is 5.32 Å². The highest BCUT2D eigenvalue weighted by molar-refractivity contribution is 6.06. The molecule has 0 spiro atoms. The van der Waals surface area contributed by atoms with Crippen molar-refractivity contribution >= 4 is 34.4 Å². The lowest BCUT2D eigenvalue weighted by Crippen LogP contribution is -2.13. The van der Waals surface area contributed by atoms with E-state index in [1.54, 1.807) is 6.33 Å². The van der Waals surface area contributed by atoms with E-state index >= 15 is 0 Å². The van der Waals surface area contributed by atoms with Crippen LogP contribution in [0.5, 0.6) is 0 Å². The molecule has 0 radical (unpaired) electrons. The molecule has 5 heteroatoms. The van der Waals surface area contributed by atoms with Gasteiger partial charge in [-0.3, -0.25) is 9.36 Å². The maximum absolute atomic E-state index is 12.8. The van der Waals surface area contributed by atoms with Crippen LogP contribution in [0.15, 0.2) is 47.7 Å². The second-order valence-electron chi connectivity index (χ2n) is 7.23. The number of fused-ring (bicyclic) bond motifs is 1. The van der Waals surface area contributed by atoms with Gasteiger partial charge in [0.1, 0.15) is 6.33 Å². The third kappa shape index (κ3) is 4.47. The van der Waals surface area contributed by atoms with Crippen molar-refractivity contribution < 1.29 is 4.79 Å². The molecule has 146 valence electrons. The molecule has 1 aromatic heterocycles. The van der Waals surface area contributed by atoms with Crippen LogP contribution in [-0.2, 0) is 0 Å². The number of allylic oxidation sites excluding steroid dienone is 4. The lowest BCUT2D eigenvalue weighted by Gasteiger charge is -2.11. The number of imidazole rings is 1. The maximum Gasteiger partial charge on any atom is 0.278 e. The highest BCUT2D eigenvalue weighted by atomic mass is 16.1. The third-order valence-electron chi connectivity index (χ3n) is 4.92. The Labute approximate surface area is 166 Å². The van der Waals surface area contributed by atoms with Crippen molar-refractivity contribution in [1.82, 2.24) is 9.55 Å². The number of aromatic nitrogens is 2. The Morgan fingerprint density at radius 1 is 1.25 bits per heavy atom. The third-order valence-corrected chi connectivity index (χ3v) is 4.92. The average Bonchev–Trinajstić information content (AvgIpc) is 3.08. The predicted molar refractivity (Wildman–Crippen MR) is 117 cm³/mol. The Bertz CT molecular complexity index is 945. The van der Waals surface area contributed by atoms with E-state index in [1.165, 1.54) is 11.1 Å². The monoisotopic (exact) mass is 376 g/mol. The molecule has 2 aromatic rings. The largest absolute Gasteiger partial charge is 0.321 e. The highest BCUT2D eigenvalue weighted by Crippen LogP contribution is 2.26. The molecule has 5 nitrogen and oxygen atoms in total. The molecule has 0 saturated heterocycles. The van der Waals surface area contributed by atoms with E-state index < -0.39 is 0 Å². The Hall–Kier alpha value is -2.95. The minimum atomic E-state index is -0.246. The van der Waals surface area contributed by atoms with E-state index in [0.29, 0.717) is 11.5 Å². The first kappa shape index (κ1) is 19.8. The van der Waals surface area contributed by atoms with Crippen molar-refractivity contribution in [3.05, 3.63) is 54.0 Å². The number of nitrogens with one attached hydrogen (secondary N) is 1. The van der Waals surface area contributed by atoms with Crippen LogP contribution in [0.4, 0.5) is 11.5 Å². The molecule has 0 saturated carbocycles. The zero-order valence-electron chi connectivity index (χ0n) is 17.1. The van der Waals surface area contributed by atoms with Crippen LogP contribution in [0.25, 0.3) is 11.3 Å². The van der Waals surface area contributed by atoms with Crippen LogP contribution in [0, 0.1) is 0 Å². The summed E-state index contributed by atoms with van der Waals surface area (Å²) in [6.45, 7) is 8.28. The minimum Gasteiger partial charge on any atom is -0.321 e. The molecular weight excluding hydrogens is 348 g/mol. The van der Waals surface area contributed by atoms with Crippen molar-refractivity contribution in [3.8, 4) is 0 Å². The first-order chi connectivity index (χ1) is 13.5. The number of rotatable bonds is 5. The van der Waals surface area contributed by atoms with Crippen molar-refractivity contribution in [2.45, 2.75) is 53.4 Å². The van der Waals surface area contributed by atoms with E-state index in [4.69, 9.17) is 0 Å². The molecule has 3 rings (SSSR count). The fourth-order valence-electron chi connectivity index (χ4n) is 3.18. The van der Waals surface area contributed by atoms with E-state index in [9.17, 15) is 4.79 Å². The number of unbranched alkanes of at least 4 members (excludes halogenated alkanes) is 1. The minimum absolute atomic E-state index is 0.246. The summed E-state index contributed by atoms with van der Waals surface area (Å²) in [5.41, 5.74) is 5.55. The van der Waals surface area contributed by atoms with Gasteiger partial charge in [0.25, 0.3) is 5.91 Å². The van der Waals surface area contributed by atoms with Gasteiger partial charge in [0.05, 0.1) is 0 Å². The van der Waals surface area contributed by atoms with E-state index in [1.807, 2.05) is 42.7 Å². The summed E-state index contributed by atoms with van der Waals surface area (Å²) < 4.78 is 1.88. The summed E-state index contributed by atoms with van der Waals surface area (Å²) in [7, 11) is 0. The lowest BCUT2D eigenvalue weighted by atomic mass is 10.1. The standard InChI is InChI=1S/C23H28N4O/c1-5-6-8-16(2)19-11-13-20(14-12-19)26-23(28)21-22-25-17(3)9-7-10-18(4)27(22)15-24-21/h8,10-15H,5-7,9H2,1-4H3,(H,26,28)/b16-8+,18-10-,25-17-. The molecule has 1 aliphatic rings. The van der Waals surface area contributed by atoms with Gasteiger partial charge in [-0.15, -0.1) is 0 Å². The number of anilines is 1. The number of amides is 1. The summed E-state index contributed by atoms with van der Waals surface area (Å²) in [4.78, 5) is 21.8. The molecule has 0 unspecified atom stereocenters. The van der Waals surface area contributed by atoms with Gasteiger partial charge in [0.2, 0.25) is 0 Å². The van der Waals surface area contributed by atoms with Crippen LogP contribution in [0.3, 0.4) is 0 Å². The summed E-state index contributed by atoms with van der Waals surface area (Å²) in [5.74, 6) is 0.350. The second-order valence-corrected chi connectivity index (χ2v) is 7.23. The molecule has 1 aliphatic heterocycles. The molecule has 1 amide bonds. The van der Waals surface area contributed by atoms with Crippen LogP contribution in [0.1, 0.15) is 69.4 Å². The number of carbonyl (C=O) groups is 1. The molecule has 0 fully saturated rings. The number of benzene rings is 1. The highest BCUT2D eigenvalue weighted by Gasteiger charge is 2.20. The van der Waals surface area contributed by atoms with Crippen molar-refractivity contribution in [2.75, 3.05) is 5.32 Å². The number of carbonyl (C=O) groups excluding carboxylic acids is 1. The van der Waals surface area contributed by atoms with Crippen molar-refractivity contribution in [1.29, 1.82) is 0 Å². The van der Waals surface area contributed by atoms with Gasteiger partial charge in [0.15, 0.2) is 11.5 Å². The summed E-state index contributed by atoms with van der Waals surface area (Å²) in [6, 6.07) is 7.92. The Kier molecular flexibility index (Phi) is 6.24. The van der Waals surface area contributed by atoms with Gasteiger partial charge in [0, 0.05) is 17.1 Å². The smallest absolute Gasteiger partial charge is 0.278 e. The Morgan fingerprint density at radius 2 is 2.00 bits per heavy atom. The second kappa shape index (κ2) is 8.83. The van der Waals surface area contributed by atoms with E-state index in [-0.39, 0.29) is 5.91 Å². The van der Waals surface area contributed by atoms with Gasteiger partial charge in [-0.25, -0.2) is 9.98 Å². The SMILES string of the molecule is CCC/C=C(\C)c1ccc(NC(=O)c2ncn3c2/N=C(/C)CC/C=C\3C)cc1. The molecule has 0 aliphatic carbocycles. The van der Waals surface area contributed by atoms with Gasteiger partial charge >= 0.3 is 0 Å². The summed E-state index contributed by atoms with van der Waals surface area (Å²) >= 11 is 0. The predicted octanol–water partition coefficient (Wildman–Crippen LogP) is 6.09. The number of hydrogen-bond donors (Lipinski definition) is 1. The van der Waals surface area contributed by atoms with Crippen molar-refractivity contribution in [3.63, 3.8) is 0 Å². The zero-order chi connectivity index (χ0) is 20.1. The zero-order valence-corrected chi connectivity index (χ0v) is 17.1. The van der Waals surface area contributed by atoms with Crippen LogP contribution in [0.2, 0.25) is 0 Å². The average molecular weight is 377 g/mol. The number of hydrogen-bond acceptors (Lipinski definition) is 3. The molecule has 2 heterocycles. The van der Waals surface area contributed by atoms with Gasteiger partial charge in [-0.2, -0.15) is 0 Å². The van der Waals surface area contributed by atoms with Crippen LogP contribution >= 0.6 is 0 Å². The Morgan fingerprint density at radius 3 is 2.71 bits per heavy atom. The fraction of sp³-hybridized carbons (Fsp3) is 0.348. The quantitative estimate of drug-likeness (QED) is 0.687. The lowest BCUT2D eigenvalue weighted by molar-refractivity contribution is 0.102. The summed E-state index contributed by atoms with van der Waals surface area (Å²) in [6.07, 6.45) is 10.1.